The number of carbonyl (C=O) groups excluding carboxylic acids is 2. The molecular formula is C37H47FO5. The fourth-order valence-electron chi connectivity index (χ4n) is 4.87. The van der Waals surface area contributed by atoms with E-state index in [9.17, 15) is 14.0 Å². The molecule has 0 aliphatic rings. The zero-order chi connectivity index (χ0) is 30.9. The van der Waals surface area contributed by atoms with Gasteiger partial charge in [0.1, 0.15) is 11.9 Å². The fourth-order valence-corrected chi connectivity index (χ4v) is 4.87. The van der Waals surface area contributed by atoms with Crippen molar-refractivity contribution in [2.45, 2.75) is 104 Å². The highest BCUT2D eigenvalue weighted by atomic mass is 19.1. The molecule has 3 rings (SSSR count). The molecular weight excluding hydrogens is 543 g/mol. The Labute approximate surface area is 256 Å². The van der Waals surface area contributed by atoms with Crippen LogP contribution in [-0.4, -0.2) is 24.6 Å². The number of rotatable bonds is 19. The van der Waals surface area contributed by atoms with Gasteiger partial charge < -0.3 is 14.2 Å². The summed E-state index contributed by atoms with van der Waals surface area (Å²) in [6, 6.07) is 18.5. The van der Waals surface area contributed by atoms with Crippen LogP contribution < -0.4 is 9.47 Å². The summed E-state index contributed by atoms with van der Waals surface area (Å²) in [5, 5.41) is 0. The highest BCUT2D eigenvalue weighted by molar-refractivity contribution is 5.92. The lowest BCUT2D eigenvalue weighted by atomic mass is 10.0. The molecule has 0 heterocycles. The van der Waals surface area contributed by atoms with Crippen molar-refractivity contribution in [2.75, 3.05) is 6.61 Å². The Balaban J connectivity index is 1.42. The van der Waals surface area contributed by atoms with Crippen molar-refractivity contribution in [1.82, 2.24) is 0 Å². The first-order chi connectivity index (χ1) is 20.9. The van der Waals surface area contributed by atoms with E-state index >= 15 is 0 Å². The summed E-state index contributed by atoms with van der Waals surface area (Å²) >= 11 is 0. The monoisotopic (exact) mass is 590 g/mol. The zero-order valence-corrected chi connectivity index (χ0v) is 26.0. The average molecular weight is 591 g/mol. The van der Waals surface area contributed by atoms with Gasteiger partial charge in [0.2, 0.25) is 0 Å². The Morgan fingerprint density at radius 3 is 1.74 bits per heavy atom. The third kappa shape index (κ3) is 11.5. The van der Waals surface area contributed by atoms with Crippen LogP contribution in [0.5, 0.6) is 11.5 Å². The number of hydrogen-bond acceptors (Lipinski definition) is 5. The van der Waals surface area contributed by atoms with Gasteiger partial charge in [-0.05, 0) is 72.9 Å². The van der Waals surface area contributed by atoms with Crippen LogP contribution in [0.1, 0.15) is 119 Å². The highest BCUT2D eigenvalue weighted by Crippen LogP contribution is 2.25. The van der Waals surface area contributed by atoms with E-state index < -0.39 is 17.8 Å². The maximum Gasteiger partial charge on any atom is 0.343 e. The number of halogens is 1. The van der Waals surface area contributed by atoms with Gasteiger partial charge in [-0.2, -0.15) is 0 Å². The summed E-state index contributed by atoms with van der Waals surface area (Å²) in [5.74, 6) is -1.50. The second-order valence-corrected chi connectivity index (χ2v) is 11.0. The Morgan fingerprint density at radius 1 is 0.651 bits per heavy atom. The molecule has 0 spiro atoms. The summed E-state index contributed by atoms with van der Waals surface area (Å²) in [5.41, 5.74) is 2.29. The van der Waals surface area contributed by atoms with Crippen LogP contribution in [0.2, 0.25) is 0 Å². The van der Waals surface area contributed by atoms with Crippen LogP contribution in [0.25, 0.3) is 11.1 Å². The molecule has 0 radical (unpaired) electrons. The summed E-state index contributed by atoms with van der Waals surface area (Å²) in [4.78, 5) is 24.9. The van der Waals surface area contributed by atoms with Crippen molar-refractivity contribution in [3.63, 3.8) is 0 Å². The first-order valence-electron chi connectivity index (χ1n) is 16.0. The Hall–Kier alpha value is -3.67. The number of ether oxygens (including phenoxy) is 3. The average Bonchev–Trinajstić information content (AvgIpc) is 3.03. The molecule has 0 saturated carbocycles. The third-order valence-corrected chi connectivity index (χ3v) is 7.63. The predicted molar refractivity (Wildman–Crippen MR) is 170 cm³/mol. The van der Waals surface area contributed by atoms with Gasteiger partial charge in [0.15, 0.2) is 11.6 Å². The normalized spacial score (nSPS) is 11.0. The molecule has 0 atom stereocenters. The van der Waals surface area contributed by atoms with Crippen molar-refractivity contribution in [3.8, 4) is 22.6 Å². The van der Waals surface area contributed by atoms with E-state index in [1.165, 1.54) is 69.9 Å². The first-order valence-corrected chi connectivity index (χ1v) is 16.0. The maximum atomic E-state index is 14.6. The second-order valence-electron chi connectivity index (χ2n) is 11.0. The Bertz CT molecular complexity index is 1250. The fraction of sp³-hybridized carbons (Fsp3) is 0.459. The van der Waals surface area contributed by atoms with E-state index in [1.54, 1.807) is 12.1 Å². The Kier molecular flexibility index (Phi) is 14.8. The summed E-state index contributed by atoms with van der Waals surface area (Å²) in [6.45, 7) is 6.81. The smallest absolute Gasteiger partial charge is 0.343 e. The molecule has 232 valence electrons. The number of carbonyl (C=O) groups is 2. The maximum absolute atomic E-state index is 14.6. The van der Waals surface area contributed by atoms with Crippen molar-refractivity contribution in [3.05, 3.63) is 83.7 Å². The molecule has 0 aliphatic heterocycles. The molecule has 0 bridgehead atoms. The van der Waals surface area contributed by atoms with Crippen molar-refractivity contribution < 1.29 is 28.2 Å². The summed E-state index contributed by atoms with van der Waals surface area (Å²) in [7, 11) is 0. The van der Waals surface area contributed by atoms with Crippen LogP contribution in [0.4, 0.5) is 4.39 Å². The van der Waals surface area contributed by atoms with Gasteiger partial charge in [-0.1, -0.05) is 103 Å². The van der Waals surface area contributed by atoms with Crippen LogP contribution in [0, 0.1) is 5.82 Å². The number of unbranched alkanes of at least 4 members (excludes halogenated alkanes) is 9. The third-order valence-electron chi connectivity index (χ3n) is 7.63. The van der Waals surface area contributed by atoms with Gasteiger partial charge in [-0.3, -0.25) is 0 Å². The minimum absolute atomic E-state index is 0.0729. The van der Waals surface area contributed by atoms with Gasteiger partial charge in [0, 0.05) is 0 Å². The summed E-state index contributed by atoms with van der Waals surface area (Å²) in [6.07, 6.45) is 14.1. The van der Waals surface area contributed by atoms with Crippen LogP contribution in [-0.2, 0) is 4.74 Å². The highest BCUT2D eigenvalue weighted by Gasteiger charge is 2.17. The molecule has 0 aromatic heterocycles. The molecule has 0 N–H and O–H groups in total. The topological polar surface area (TPSA) is 61.8 Å². The predicted octanol–water partition coefficient (Wildman–Crippen LogP) is 10.4. The largest absolute Gasteiger partial charge is 0.494 e. The standard InChI is InChI=1S/C37H47FO5/c1-4-7-8-9-10-11-12-13-14-15-26-41-33-23-20-29(21-24-33)28-16-18-30(19-17-28)36(39)43-35-25-22-31(27-34(35)38)37(40)42-32(5-2)6-3/h16-25,27,32H,4-15,26H2,1-3H3. The van der Waals surface area contributed by atoms with Crippen molar-refractivity contribution in [1.29, 1.82) is 0 Å². The van der Waals surface area contributed by atoms with E-state index in [4.69, 9.17) is 14.2 Å². The molecule has 3 aromatic carbocycles. The van der Waals surface area contributed by atoms with E-state index in [-0.39, 0.29) is 23.0 Å². The molecule has 0 unspecified atom stereocenters. The van der Waals surface area contributed by atoms with E-state index in [0.717, 1.165) is 36.0 Å². The number of benzene rings is 3. The molecule has 5 nitrogen and oxygen atoms in total. The summed E-state index contributed by atoms with van der Waals surface area (Å²) < 4.78 is 31.2. The van der Waals surface area contributed by atoms with Gasteiger partial charge in [0.05, 0.1) is 17.7 Å². The van der Waals surface area contributed by atoms with Gasteiger partial charge in [-0.15, -0.1) is 0 Å². The van der Waals surface area contributed by atoms with Crippen molar-refractivity contribution >= 4 is 11.9 Å². The molecule has 43 heavy (non-hydrogen) atoms. The molecule has 6 heteroatoms. The lowest BCUT2D eigenvalue weighted by Crippen LogP contribution is -2.17. The lowest BCUT2D eigenvalue weighted by Gasteiger charge is -2.14. The van der Waals surface area contributed by atoms with Gasteiger partial charge >= 0.3 is 11.9 Å². The molecule has 0 aliphatic carbocycles. The quantitative estimate of drug-likeness (QED) is 0.0789. The zero-order valence-electron chi connectivity index (χ0n) is 26.0. The Morgan fingerprint density at radius 2 is 1.19 bits per heavy atom. The van der Waals surface area contributed by atoms with Gasteiger partial charge in [0.25, 0.3) is 0 Å². The van der Waals surface area contributed by atoms with Crippen LogP contribution in [0.15, 0.2) is 66.7 Å². The van der Waals surface area contributed by atoms with E-state index in [1.807, 2.05) is 50.2 Å². The molecule has 0 fully saturated rings. The molecule has 0 amide bonds. The number of hydrogen-bond donors (Lipinski definition) is 0. The minimum atomic E-state index is -0.806. The first kappa shape index (κ1) is 33.8. The van der Waals surface area contributed by atoms with E-state index in [0.29, 0.717) is 12.8 Å². The molecule has 0 saturated heterocycles. The SMILES string of the molecule is CCCCCCCCCCCCOc1ccc(-c2ccc(C(=O)Oc3ccc(C(=O)OC(CC)CC)cc3F)cc2)cc1. The van der Waals surface area contributed by atoms with E-state index in [2.05, 4.69) is 6.92 Å². The second kappa shape index (κ2) is 18.8. The number of esters is 2. The van der Waals surface area contributed by atoms with Crippen LogP contribution in [0.3, 0.4) is 0 Å². The lowest BCUT2D eigenvalue weighted by molar-refractivity contribution is 0.0284. The van der Waals surface area contributed by atoms with Crippen molar-refractivity contribution in [2.24, 2.45) is 0 Å². The van der Waals surface area contributed by atoms with Crippen LogP contribution >= 0.6 is 0 Å². The van der Waals surface area contributed by atoms with Gasteiger partial charge in [-0.25, -0.2) is 14.0 Å². The molecule has 3 aromatic rings. The minimum Gasteiger partial charge on any atom is -0.494 e.